The van der Waals surface area contributed by atoms with Crippen molar-refractivity contribution in [2.24, 2.45) is 5.92 Å². The average Bonchev–Trinajstić information content (AvgIpc) is 2.71. The van der Waals surface area contributed by atoms with Crippen molar-refractivity contribution in [3.63, 3.8) is 0 Å². The number of aromatic nitrogens is 2. The number of carbonyl (C=O) groups is 1. The normalized spacial score (nSPS) is 16.7. The highest BCUT2D eigenvalue weighted by molar-refractivity contribution is 5.97. The van der Waals surface area contributed by atoms with Crippen molar-refractivity contribution < 1.29 is 4.79 Å². The van der Waals surface area contributed by atoms with Crippen LogP contribution in [-0.2, 0) is 0 Å². The second kappa shape index (κ2) is 5.89. The van der Waals surface area contributed by atoms with E-state index in [9.17, 15) is 4.79 Å². The number of nitrogen functional groups attached to an aromatic ring is 1. The zero-order valence-corrected chi connectivity index (χ0v) is 11.0. The van der Waals surface area contributed by atoms with Gasteiger partial charge in [0, 0.05) is 6.54 Å². The van der Waals surface area contributed by atoms with E-state index in [1.54, 1.807) is 6.92 Å². The smallest absolute Gasteiger partial charge is 0.273 e. The molecular weight excluding hydrogens is 228 g/mol. The molecule has 0 aliphatic heterocycles. The maximum atomic E-state index is 11.8. The van der Waals surface area contributed by atoms with Gasteiger partial charge in [-0.15, -0.1) is 0 Å². The number of nitrogens with zero attached hydrogens (tertiary/aromatic N) is 1. The predicted molar refractivity (Wildman–Crippen MR) is 71.3 cm³/mol. The van der Waals surface area contributed by atoms with Gasteiger partial charge in [-0.1, -0.05) is 32.1 Å². The van der Waals surface area contributed by atoms with Crippen LogP contribution in [0.5, 0.6) is 0 Å². The third-order valence-corrected chi connectivity index (χ3v) is 3.77. The molecule has 1 aliphatic rings. The van der Waals surface area contributed by atoms with Crippen LogP contribution >= 0.6 is 0 Å². The fourth-order valence-electron chi connectivity index (χ4n) is 2.56. The molecular formula is C13H22N4O. The van der Waals surface area contributed by atoms with Gasteiger partial charge in [0.1, 0.15) is 0 Å². The molecule has 0 spiro atoms. The van der Waals surface area contributed by atoms with Crippen LogP contribution in [0, 0.1) is 12.8 Å². The largest absolute Gasteiger partial charge is 0.395 e. The summed E-state index contributed by atoms with van der Waals surface area (Å²) in [6, 6.07) is 0. The van der Waals surface area contributed by atoms with E-state index >= 15 is 0 Å². The van der Waals surface area contributed by atoms with E-state index in [-0.39, 0.29) is 5.91 Å². The summed E-state index contributed by atoms with van der Waals surface area (Å²) in [6.45, 7) is 2.52. The lowest BCUT2D eigenvalue weighted by atomic mass is 9.87. The molecule has 1 aromatic heterocycles. The first-order valence-electron chi connectivity index (χ1n) is 6.77. The van der Waals surface area contributed by atoms with Gasteiger partial charge in [-0.05, 0) is 19.3 Å². The first-order valence-corrected chi connectivity index (χ1v) is 6.77. The van der Waals surface area contributed by atoms with Crippen LogP contribution in [0.3, 0.4) is 0 Å². The van der Waals surface area contributed by atoms with Gasteiger partial charge >= 0.3 is 0 Å². The highest BCUT2D eigenvalue weighted by atomic mass is 16.1. The molecule has 100 valence electrons. The summed E-state index contributed by atoms with van der Waals surface area (Å²) in [6.07, 6.45) is 7.72. The Bertz CT molecular complexity index is 407. The number of carbonyl (C=O) groups excluding carboxylic acids is 1. The molecule has 1 amide bonds. The Morgan fingerprint density at radius 2 is 2.17 bits per heavy atom. The summed E-state index contributed by atoms with van der Waals surface area (Å²) in [5.74, 6) is 0.602. The lowest BCUT2D eigenvalue weighted by molar-refractivity contribution is 0.0946. The second-order valence-corrected chi connectivity index (χ2v) is 5.16. The Hall–Kier alpha value is -1.52. The number of aromatic amines is 1. The fraction of sp³-hybridized carbons (Fsp3) is 0.692. The molecule has 0 atom stereocenters. The number of aryl methyl sites for hydroxylation is 1. The van der Waals surface area contributed by atoms with Crippen molar-refractivity contribution in [1.82, 2.24) is 15.5 Å². The van der Waals surface area contributed by atoms with Crippen LogP contribution in [0.2, 0.25) is 0 Å². The number of rotatable bonds is 4. The molecule has 1 aromatic rings. The van der Waals surface area contributed by atoms with E-state index in [2.05, 4.69) is 15.5 Å². The number of hydrogen-bond acceptors (Lipinski definition) is 3. The van der Waals surface area contributed by atoms with Crippen molar-refractivity contribution in [2.75, 3.05) is 12.3 Å². The monoisotopic (exact) mass is 250 g/mol. The molecule has 1 fully saturated rings. The molecule has 0 bridgehead atoms. The Kier molecular flexibility index (Phi) is 4.23. The van der Waals surface area contributed by atoms with Gasteiger partial charge in [-0.2, -0.15) is 5.10 Å². The number of amides is 1. The third kappa shape index (κ3) is 3.03. The average molecular weight is 250 g/mol. The molecule has 18 heavy (non-hydrogen) atoms. The maximum absolute atomic E-state index is 11.8. The SMILES string of the molecule is Cc1[nH]nc(C(=O)NCCC2CCCCC2)c1N. The first kappa shape index (κ1) is 12.9. The highest BCUT2D eigenvalue weighted by Crippen LogP contribution is 2.25. The Labute approximate surface area is 108 Å². The summed E-state index contributed by atoms with van der Waals surface area (Å²) >= 11 is 0. The highest BCUT2D eigenvalue weighted by Gasteiger charge is 2.16. The summed E-state index contributed by atoms with van der Waals surface area (Å²) < 4.78 is 0. The van der Waals surface area contributed by atoms with Gasteiger partial charge < -0.3 is 11.1 Å². The van der Waals surface area contributed by atoms with Gasteiger partial charge in [-0.25, -0.2) is 0 Å². The van der Waals surface area contributed by atoms with Crippen LogP contribution < -0.4 is 11.1 Å². The standard InChI is InChI=1S/C13H22N4O/c1-9-11(14)12(17-16-9)13(18)15-8-7-10-5-3-2-4-6-10/h10H,2-8,14H2,1H3,(H,15,18)(H,16,17). The van der Waals surface area contributed by atoms with Crippen molar-refractivity contribution in [3.05, 3.63) is 11.4 Å². The summed E-state index contributed by atoms with van der Waals surface area (Å²) in [4.78, 5) is 11.8. The zero-order chi connectivity index (χ0) is 13.0. The van der Waals surface area contributed by atoms with E-state index in [1.807, 2.05) is 0 Å². The topological polar surface area (TPSA) is 83.8 Å². The van der Waals surface area contributed by atoms with E-state index in [4.69, 9.17) is 5.73 Å². The number of nitrogens with one attached hydrogen (secondary N) is 2. The number of hydrogen-bond donors (Lipinski definition) is 3. The van der Waals surface area contributed by atoms with Crippen molar-refractivity contribution >= 4 is 11.6 Å². The molecule has 1 saturated carbocycles. The van der Waals surface area contributed by atoms with E-state index in [1.165, 1.54) is 32.1 Å². The molecule has 0 aromatic carbocycles. The molecule has 5 nitrogen and oxygen atoms in total. The van der Waals surface area contributed by atoms with Gasteiger partial charge in [0.15, 0.2) is 5.69 Å². The molecule has 0 saturated heterocycles. The number of H-pyrrole nitrogens is 1. The van der Waals surface area contributed by atoms with Crippen molar-refractivity contribution in [1.29, 1.82) is 0 Å². The fourth-order valence-corrected chi connectivity index (χ4v) is 2.56. The molecule has 5 heteroatoms. The van der Waals surface area contributed by atoms with Crippen LogP contribution in [0.1, 0.15) is 54.7 Å². The quantitative estimate of drug-likeness (QED) is 0.764. The number of nitrogens with two attached hydrogens (primary N) is 1. The Morgan fingerprint density at radius 1 is 1.44 bits per heavy atom. The molecule has 1 heterocycles. The van der Waals surface area contributed by atoms with E-state index in [0.717, 1.165) is 24.6 Å². The lowest BCUT2D eigenvalue weighted by Gasteiger charge is -2.21. The zero-order valence-electron chi connectivity index (χ0n) is 11.0. The number of anilines is 1. The van der Waals surface area contributed by atoms with Crippen LogP contribution in [-0.4, -0.2) is 22.6 Å². The van der Waals surface area contributed by atoms with Gasteiger partial charge in [-0.3, -0.25) is 9.89 Å². The molecule has 1 aliphatic carbocycles. The first-order chi connectivity index (χ1) is 8.68. The Morgan fingerprint density at radius 3 is 2.78 bits per heavy atom. The van der Waals surface area contributed by atoms with Gasteiger partial charge in [0.25, 0.3) is 5.91 Å². The van der Waals surface area contributed by atoms with Crippen LogP contribution in [0.25, 0.3) is 0 Å². The summed E-state index contributed by atoms with van der Waals surface area (Å²) in [5.41, 5.74) is 7.27. The van der Waals surface area contributed by atoms with Crippen molar-refractivity contribution in [3.8, 4) is 0 Å². The minimum absolute atomic E-state index is 0.173. The molecule has 0 unspecified atom stereocenters. The summed E-state index contributed by atoms with van der Waals surface area (Å²) in [7, 11) is 0. The van der Waals surface area contributed by atoms with E-state index in [0.29, 0.717) is 11.4 Å². The molecule has 4 N–H and O–H groups in total. The van der Waals surface area contributed by atoms with E-state index < -0.39 is 0 Å². The predicted octanol–water partition coefficient (Wildman–Crippen LogP) is 2.00. The molecule has 0 radical (unpaired) electrons. The minimum Gasteiger partial charge on any atom is -0.395 e. The minimum atomic E-state index is -0.173. The lowest BCUT2D eigenvalue weighted by Crippen LogP contribution is -2.27. The Balaban J connectivity index is 1.76. The van der Waals surface area contributed by atoms with Gasteiger partial charge in [0.05, 0.1) is 11.4 Å². The van der Waals surface area contributed by atoms with Gasteiger partial charge in [0.2, 0.25) is 0 Å². The van der Waals surface area contributed by atoms with Crippen LogP contribution in [0.15, 0.2) is 0 Å². The maximum Gasteiger partial charge on any atom is 0.273 e. The summed E-state index contributed by atoms with van der Waals surface area (Å²) in [5, 5.41) is 9.54. The second-order valence-electron chi connectivity index (χ2n) is 5.16. The molecule has 2 rings (SSSR count). The third-order valence-electron chi connectivity index (χ3n) is 3.77. The van der Waals surface area contributed by atoms with Crippen molar-refractivity contribution in [2.45, 2.75) is 45.4 Å². The van der Waals surface area contributed by atoms with Crippen LogP contribution in [0.4, 0.5) is 5.69 Å².